The Morgan fingerprint density at radius 1 is 0.407 bits per heavy atom. The van der Waals surface area contributed by atoms with Gasteiger partial charge >= 0.3 is 0 Å². The van der Waals surface area contributed by atoms with Gasteiger partial charge in [-0.25, -0.2) is 4.98 Å². The molecule has 0 fully saturated rings. The lowest BCUT2D eigenvalue weighted by Gasteiger charge is -2.23. The number of nitrogens with zero attached hydrogens (tertiary/aromatic N) is 2. The predicted octanol–water partition coefficient (Wildman–Crippen LogP) is 7.87. The zero-order valence-electron chi connectivity index (χ0n) is 31.8. The van der Waals surface area contributed by atoms with Gasteiger partial charge in [0.2, 0.25) is 0 Å². The molecule has 0 aliphatic rings. The van der Waals surface area contributed by atoms with Crippen LogP contribution in [0.5, 0.6) is 0 Å². The summed E-state index contributed by atoms with van der Waals surface area (Å²) in [7, 11) is 32.5. The largest absolute Gasteiger partial charge is 0.456 e. The zero-order chi connectivity index (χ0) is 39.9. The molecule has 0 atom stereocenters. The molecule has 3 nitrogen and oxygen atoms in total. The third-order valence-electron chi connectivity index (χ3n) is 11.7. The number of fused-ring (bicyclic) bond motifs is 6. The van der Waals surface area contributed by atoms with E-state index in [4.69, 9.17) is 48.6 Å². The number of hydrogen-bond donors (Lipinski definition) is 0. The first kappa shape index (κ1) is 35.3. The van der Waals surface area contributed by atoms with E-state index >= 15 is 0 Å². The van der Waals surface area contributed by atoms with Gasteiger partial charge in [0, 0.05) is 22.0 Å². The second-order valence-electron chi connectivity index (χ2n) is 14.9. The Balaban J connectivity index is 1.21. The van der Waals surface area contributed by atoms with E-state index < -0.39 is 0 Å². The molecule has 11 aromatic rings. The third kappa shape index (κ3) is 5.39. The van der Waals surface area contributed by atoms with Gasteiger partial charge < -0.3 is 4.42 Å². The first-order valence-corrected chi connectivity index (χ1v) is 19.4. The molecule has 11 rings (SSSR count). The summed E-state index contributed by atoms with van der Waals surface area (Å²) < 4.78 is 8.65. The molecule has 0 amide bonds. The molecule has 0 bridgehead atoms. The molecular formula is C51H27B5N2O. The molecule has 59 heavy (non-hydrogen) atoms. The molecule has 0 saturated heterocycles. The summed E-state index contributed by atoms with van der Waals surface area (Å²) in [6, 6.07) is 56.7. The fourth-order valence-electron chi connectivity index (χ4n) is 8.92. The molecule has 0 N–H and O–H groups in total. The Morgan fingerprint density at radius 2 is 1.00 bits per heavy atom. The Labute approximate surface area is 347 Å². The highest BCUT2D eigenvalue weighted by molar-refractivity contribution is 6.68. The van der Waals surface area contributed by atoms with E-state index in [-0.39, 0.29) is 27.3 Å². The molecule has 0 aliphatic carbocycles. The van der Waals surface area contributed by atoms with E-state index in [0.29, 0.717) is 5.56 Å². The Kier molecular flexibility index (Phi) is 8.13. The fraction of sp³-hybridized carbons (Fsp3) is 0. The van der Waals surface area contributed by atoms with E-state index in [0.717, 1.165) is 99.4 Å². The lowest BCUT2D eigenvalue weighted by Crippen LogP contribution is -2.55. The van der Waals surface area contributed by atoms with Crippen LogP contribution in [0, 0.1) is 0 Å². The Morgan fingerprint density at radius 3 is 1.76 bits per heavy atom. The summed E-state index contributed by atoms with van der Waals surface area (Å²) in [6.07, 6.45) is 0. The van der Waals surface area contributed by atoms with Crippen LogP contribution in [0.4, 0.5) is 0 Å². The van der Waals surface area contributed by atoms with Crippen molar-refractivity contribution in [2.24, 2.45) is 0 Å². The van der Waals surface area contributed by atoms with Gasteiger partial charge in [-0.15, -0.1) is 16.4 Å². The molecule has 10 radical (unpaired) electrons. The van der Waals surface area contributed by atoms with Crippen molar-refractivity contribution < 1.29 is 4.42 Å². The van der Waals surface area contributed by atoms with E-state index in [1.807, 2.05) is 54.6 Å². The van der Waals surface area contributed by atoms with Crippen LogP contribution >= 0.6 is 0 Å². The summed E-state index contributed by atoms with van der Waals surface area (Å²) in [6.45, 7) is 0. The molecule has 2 aromatic heterocycles. The van der Waals surface area contributed by atoms with E-state index in [1.54, 1.807) is 0 Å². The Bertz CT molecular complexity index is 3470. The zero-order valence-corrected chi connectivity index (χ0v) is 31.8. The normalized spacial score (nSPS) is 11.7. The number of para-hydroxylation sites is 3. The average Bonchev–Trinajstić information content (AvgIpc) is 3.87. The van der Waals surface area contributed by atoms with Gasteiger partial charge in [-0.05, 0) is 97.4 Å². The van der Waals surface area contributed by atoms with Gasteiger partial charge in [0.25, 0.3) is 0 Å². The second-order valence-corrected chi connectivity index (χ2v) is 14.9. The summed E-state index contributed by atoms with van der Waals surface area (Å²) >= 11 is 0. The smallest absolute Gasteiger partial charge is 0.145 e. The molecular weight excluding hydrogens is 711 g/mol. The number of rotatable bonds is 5. The highest BCUT2D eigenvalue weighted by Crippen LogP contribution is 2.47. The van der Waals surface area contributed by atoms with Gasteiger partial charge in [-0.3, -0.25) is 4.57 Å². The minimum absolute atomic E-state index is 0.181. The highest BCUT2D eigenvalue weighted by atomic mass is 16.3. The standard InChI is InChI=1S/C51H27B5N2O/c52-46-43(47(53)49(55)50(56)48(46)54)30-23-26-34-37(27-30)44(36-16-10-20-41-45(36)35-15-6-9-19-40(35)59-41)33-14-5-4-13-32(33)42(34)28-21-24-31(25-22-28)58-39-18-8-7-17-38(39)57-51(58)29-11-2-1-3-12-29/h1-27H. The van der Waals surface area contributed by atoms with Crippen molar-refractivity contribution >= 4 is 121 Å². The molecule has 0 unspecified atom stereocenters. The SMILES string of the molecule is [B]c1c([B])c([B])c(-c2ccc3c(-c4ccc(-n5c(-c6ccccc6)nc6ccccc65)cc4)c4ccccc4c(-c4cccc5oc6ccccc6c45)c3c2)c([B])c1[B]. The second kappa shape index (κ2) is 13.6. The lowest BCUT2D eigenvalue weighted by atomic mass is 9.59. The van der Waals surface area contributed by atoms with Crippen LogP contribution in [-0.2, 0) is 0 Å². The number of furan rings is 1. The average molecular weight is 738 g/mol. The lowest BCUT2D eigenvalue weighted by molar-refractivity contribution is 0.669. The van der Waals surface area contributed by atoms with Crippen LogP contribution in [0.3, 0.4) is 0 Å². The highest BCUT2D eigenvalue weighted by Gasteiger charge is 2.22. The Hall–Kier alpha value is -6.91. The molecule has 2 heterocycles. The summed E-state index contributed by atoms with van der Waals surface area (Å²) in [5, 5.41) is 6.32. The van der Waals surface area contributed by atoms with Crippen molar-refractivity contribution in [3.63, 3.8) is 0 Å². The van der Waals surface area contributed by atoms with Crippen molar-refractivity contribution in [2.75, 3.05) is 0 Å². The van der Waals surface area contributed by atoms with Crippen LogP contribution in [0.25, 0.3) is 105 Å². The monoisotopic (exact) mass is 738 g/mol. The maximum atomic E-state index is 6.69. The molecule has 8 heteroatoms. The minimum Gasteiger partial charge on any atom is -0.456 e. The fourth-order valence-corrected chi connectivity index (χ4v) is 8.92. The van der Waals surface area contributed by atoms with Gasteiger partial charge in [0.1, 0.15) is 56.2 Å². The molecule has 0 saturated carbocycles. The van der Waals surface area contributed by atoms with Crippen molar-refractivity contribution in [2.45, 2.75) is 0 Å². The van der Waals surface area contributed by atoms with Gasteiger partial charge in [-0.1, -0.05) is 132 Å². The quantitative estimate of drug-likeness (QED) is 0.133. The number of hydrogen-bond acceptors (Lipinski definition) is 2. The maximum Gasteiger partial charge on any atom is 0.145 e. The van der Waals surface area contributed by atoms with Crippen LogP contribution in [0.1, 0.15) is 0 Å². The van der Waals surface area contributed by atoms with Gasteiger partial charge in [0.05, 0.1) is 11.0 Å². The third-order valence-corrected chi connectivity index (χ3v) is 11.7. The topological polar surface area (TPSA) is 31.0 Å². The van der Waals surface area contributed by atoms with E-state index in [1.165, 1.54) is 0 Å². The van der Waals surface area contributed by atoms with Crippen molar-refractivity contribution in [1.29, 1.82) is 0 Å². The van der Waals surface area contributed by atoms with E-state index in [9.17, 15) is 0 Å². The number of imidazole rings is 1. The van der Waals surface area contributed by atoms with Crippen LogP contribution in [-0.4, -0.2) is 48.8 Å². The van der Waals surface area contributed by atoms with Crippen LogP contribution < -0.4 is 27.3 Å². The predicted molar refractivity (Wildman–Crippen MR) is 252 cm³/mol. The minimum atomic E-state index is 0.181. The molecule has 0 aliphatic heterocycles. The molecule has 262 valence electrons. The van der Waals surface area contributed by atoms with Crippen LogP contribution in [0.15, 0.2) is 168 Å². The number of benzene rings is 9. The van der Waals surface area contributed by atoms with Crippen molar-refractivity contribution in [3.8, 4) is 50.5 Å². The number of aromatic nitrogens is 2. The first-order valence-electron chi connectivity index (χ1n) is 19.4. The summed E-state index contributed by atoms with van der Waals surface area (Å²) in [4.78, 5) is 5.07. The van der Waals surface area contributed by atoms with Crippen molar-refractivity contribution in [3.05, 3.63) is 164 Å². The maximum absolute atomic E-state index is 6.69. The van der Waals surface area contributed by atoms with Gasteiger partial charge in [-0.2, -0.15) is 0 Å². The molecule has 9 aromatic carbocycles. The van der Waals surface area contributed by atoms with Crippen LogP contribution in [0.2, 0.25) is 0 Å². The first-order chi connectivity index (χ1) is 28.9. The van der Waals surface area contributed by atoms with Crippen molar-refractivity contribution in [1.82, 2.24) is 9.55 Å². The van der Waals surface area contributed by atoms with E-state index in [2.05, 4.69) is 114 Å². The summed E-state index contributed by atoms with van der Waals surface area (Å²) in [5.41, 5.74) is 12.4. The summed E-state index contributed by atoms with van der Waals surface area (Å²) in [5.74, 6) is 0.885. The molecule has 0 spiro atoms. The van der Waals surface area contributed by atoms with Gasteiger partial charge in [0.15, 0.2) is 0 Å².